The van der Waals surface area contributed by atoms with Crippen molar-refractivity contribution in [3.05, 3.63) is 24.7 Å². The van der Waals surface area contributed by atoms with Crippen LogP contribution in [0.15, 0.2) is 18.9 Å². The van der Waals surface area contributed by atoms with E-state index in [1.165, 1.54) is 64.2 Å². The smallest absolute Gasteiger partial charge is 0.159 e. The molecule has 0 N–H and O–H groups in total. The zero-order chi connectivity index (χ0) is 15.6. The molecule has 0 unspecified atom stereocenters. The second kappa shape index (κ2) is 9.54. The average molecular weight is 302 g/mol. The molecule has 2 rings (SSSR count). The summed E-state index contributed by atoms with van der Waals surface area (Å²) in [5, 5.41) is 0. The minimum Gasteiger partial charge on any atom is -0.271 e. The van der Waals surface area contributed by atoms with Gasteiger partial charge in [-0.2, -0.15) is 0 Å². The first-order valence-electron chi connectivity index (χ1n) is 8.99. The Labute approximate surface area is 134 Å². The van der Waals surface area contributed by atoms with Crippen LogP contribution >= 0.6 is 0 Å². The summed E-state index contributed by atoms with van der Waals surface area (Å²) in [5.41, 5.74) is 0.914. The van der Waals surface area contributed by atoms with Gasteiger partial charge in [0.2, 0.25) is 0 Å². The van der Waals surface area contributed by atoms with Gasteiger partial charge in [0.15, 0.2) is 5.65 Å². The zero-order valence-electron chi connectivity index (χ0n) is 14.2. The molecule has 0 spiro atoms. The normalized spacial score (nSPS) is 11.6. The molecule has 0 aromatic carbocycles. The van der Waals surface area contributed by atoms with Gasteiger partial charge in [-0.15, -0.1) is 0 Å². The molecule has 2 aromatic heterocycles. The zero-order valence-corrected chi connectivity index (χ0v) is 14.2. The Morgan fingerprint density at radius 3 is 2.23 bits per heavy atom. The van der Waals surface area contributed by atoms with Crippen LogP contribution in [0.4, 0.5) is 0 Å². The maximum Gasteiger partial charge on any atom is 0.159 e. The summed E-state index contributed by atoms with van der Waals surface area (Å²) in [6.45, 7) is 4.53. The topological polar surface area (TPSA) is 43.1 Å². The molecule has 0 radical (unpaired) electrons. The largest absolute Gasteiger partial charge is 0.271 e. The van der Waals surface area contributed by atoms with E-state index in [2.05, 4.69) is 33.2 Å². The Morgan fingerprint density at radius 2 is 1.59 bits per heavy atom. The number of fused-ring (bicyclic) bond motifs is 1. The highest BCUT2D eigenvalue weighted by Gasteiger charge is 2.16. The van der Waals surface area contributed by atoms with Crippen LogP contribution in [-0.2, 0) is 0 Å². The molecule has 0 aliphatic carbocycles. The number of hydrogen-bond acceptors (Lipinski definition) is 3. The van der Waals surface area contributed by atoms with Gasteiger partial charge in [-0.25, -0.2) is 15.0 Å². The summed E-state index contributed by atoms with van der Waals surface area (Å²) >= 11 is 0. The average Bonchev–Trinajstić information content (AvgIpc) is 3.02. The number of rotatable bonds is 11. The highest BCUT2D eigenvalue weighted by Crippen LogP contribution is 2.27. The Hall–Kier alpha value is -1.45. The summed E-state index contributed by atoms with van der Waals surface area (Å²) in [5.74, 6) is 1.68. The van der Waals surface area contributed by atoms with Gasteiger partial charge in [0.05, 0.1) is 6.20 Å². The number of unbranched alkanes of at least 4 members (excludes halogenated alkanes) is 6. The molecule has 4 nitrogen and oxygen atoms in total. The minimum atomic E-state index is 0.536. The third kappa shape index (κ3) is 4.79. The first-order chi connectivity index (χ1) is 10.9. The molecular formula is C18H30N4. The lowest BCUT2D eigenvalue weighted by Gasteiger charge is -2.17. The van der Waals surface area contributed by atoms with Crippen molar-refractivity contribution in [2.75, 3.05) is 0 Å². The van der Waals surface area contributed by atoms with E-state index in [1.54, 1.807) is 6.33 Å². The van der Waals surface area contributed by atoms with Crippen LogP contribution < -0.4 is 0 Å². The third-order valence-corrected chi connectivity index (χ3v) is 4.42. The molecule has 4 heteroatoms. The minimum absolute atomic E-state index is 0.536. The van der Waals surface area contributed by atoms with E-state index in [-0.39, 0.29) is 0 Å². The van der Waals surface area contributed by atoms with Crippen molar-refractivity contribution in [2.24, 2.45) is 0 Å². The molecule has 0 saturated carbocycles. The van der Waals surface area contributed by atoms with Gasteiger partial charge in [0.1, 0.15) is 18.5 Å². The maximum absolute atomic E-state index is 4.59. The van der Waals surface area contributed by atoms with Crippen LogP contribution in [0.2, 0.25) is 0 Å². The van der Waals surface area contributed by atoms with Crippen LogP contribution in [0.1, 0.15) is 89.8 Å². The summed E-state index contributed by atoms with van der Waals surface area (Å²) in [6.07, 6.45) is 18.4. The van der Waals surface area contributed by atoms with Crippen molar-refractivity contribution in [3.63, 3.8) is 0 Å². The van der Waals surface area contributed by atoms with Crippen LogP contribution in [0.5, 0.6) is 0 Å². The molecule has 0 saturated heterocycles. The number of nitrogens with zero attached hydrogens (tertiary/aromatic N) is 4. The highest BCUT2D eigenvalue weighted by molar-refractivity contribution is 5.34. The lowest BCUT2D eigenvalue weighted by molar-refractivity contribution is 0.474. The number of aromatic nitrogens is 4. The molecule has 0 fully saturated rings. The summed E-state index contributed by atoms with van der Waals surface area (Å²) in [4.78, 5) is 13.1. The monoisotopic (exact) mass is 302 g/mol. The standard InChI is InChI=1S/C18H30N4/c1-3-5-7-9-11-16(12-10-8-6-4-2)18-21-14-20-17-13-19-15-22(17)18/h13-16H,3-12H2,1-2H3. The van der Waals surface area contributed by atoms with Crippen LogP contribution in [0.25, 0.3) is 5.65 Å². The molecule has 2 aromatic rings. The van der Waals surface area contributed by atoms with E-state index in [0.29, 0.717) is 5.92 Å². The van der Waals surface area contributed by atoms with Gasteiger partial charge >= 0.3 is 0 Å². The number of imidazole rings is 1. The van der Waals surface area contributed by atoms with Crippen molar-refractivity contribution < 1.29 is 0 Å². The van der Waals surface area contributed by atoms with Gasteiger partial charge < -0.3 is 0 Å². The third-order valence-electron chi connectivity index (χ3n) is 4.42. The van der Waals surface area contributed by atoms with Gasteiger partial charge in [0, 0.05) is 5.92 Å². The summed E-state index contributed by atoms with van der Waals surface area (Å²) in [6, 6.07) is 0. The Morgan fingerprint density at radius 1 is 0.909 bits per heavy atom. The van der Waals surface area contributed by atoms with Crippen molar-refractivity contribution in [3.8, 4) is 0 Å². The van der Waals surface area contributed by atoms with Gasteiger partial charge in [-0.1, -0.05) is 65.2 Å². The molecule has 122 valence electrons. The van der Waals surface area contributed by atoms with Gasteiger partial charge in [-0.05, 0) is 12.8 Å². The van der Waals surface area contributed by atoms with Crippen LogP contribution in [0, 0.1) is 0 Å². The second-order valence-electron chi connectivity index (χ2n) is 6.25. The first kappa shape index (κ1) is 16.9. The summed E-state index contributed by atoms with van der Waals surface area (Å²) < 4.78 is 2.07. The van der Waals surface area contributed by atoms with Crippen molar-refractivity contribution in [1.82, 2.24) is 19.4 Å². The summed E-state index contributed by atoms with van der Waals surface area (Å²) in [7, 11) is 0. The van der Waals surface area contributed by atoms with Crippen molar-refractivity contribution >= 4 is 5.65 Å². The van der Waals surface area contributed by atoms with E-state index in [0.717, 1.165) is 11.5 Å². The highest BCUT2D eigenvalue weighted by atomic mass is 15.1. The predicted molar refractivity (Wildman–Crippen MR) is 91.0 cm³/mol. The SMILES string of the molecule is CCCCCCC(CCCCCC)c1ncnc2cncn12. The lowest BCUT2D eigenvalue weighted by Crippen LogP contribution is -2.09. The first-order valence-corrected chi connectivity index (χ1v) is 8.99. The molecule has 0 aliphatic heterocycles. The molecule has 0 atom stereocenters. The fraction of sp³-hybridized carbons (Fsp3) is 0.722. The van der Waals surface area contributed by atoms with Gasteiger partial charge in [0.25, 0.3) is 0 Å². The van der Waals surface area contributed by atoms with Crippen molar-refractivity contribution in [1.29, 1.82) is 0 Å². The Bertz CT molecular complexity index is 523. The molecule has 2 heterocycles. The lowest BCUT2D eigenvalue weighted by atomic mass is 9.93. The van der Waals surface area contributed by atoms with Crippen LogP contribution in [0.3, 0.4) is 0 Å². The Balaban J connectivity index is 2.03. The Kier molecular flexibility index (Phi) is 7.34. The van der Waals surface area contributed by atoms with E-state index in [1.807, 2.05) is 12.5 Å². The van der Waals surface area contributed by atoms with Crippen molar-refractivity contribution in [2.45, 2.75) is 84.0 Å². The molecule has 0 amide bonds. The molecular weight excluding hydrogens is 272 g/mol. The van der Waals surface area contributed by atoms with E-state index >= 15 is 0 Å². The molecule has 0 bridgehead atoms. The quantitative estimate of drug-likeness (QED) is 0.539. The fourth-order valence-corrected chi connectivity index (χ4v) is 3.11. The molecule has 0 aliphatic rings. The van der Waals surface area contributed by atoms with E-state index in [4.69, 9.17) is 0 Å². The molecule has 22 heavy (non-hydrogen) atoms. The van der Waals surface area contributed by atoms with E-state index < -0.39 is 0 Å². The number of hydrogen-bond donors (Lipinski definition) is 0. The fourth-order valence-electron chi connectivity index (χ4n) is 3.11. The van der Waals surface area contributed by atoms with E-state index in [9.17, 15) is 0 Å². The van der Waals surface area contributed by atoms with Gasteiger partial charge in [-0.3, -0.25) is 4.40 Å². The maximum atomic E-state index is 4.59. The predicted octanol–water partition coefficient (Wildman–Crippen LogP) is 5.15. The van der Waals surface area contributed by atoms with Crippen LogP contribution in [-0.4, -0.2) is 19.4 Å². The second-order valence-corrected chi connectivity index (χ2v) is 6.25.